The number of amides is 2. The highest BCUT2D eigenvalue weighted by molar-refractivity contribution is 5.99. The quantitative estimate of drug-likeness (QED) is 0.912. The van der Waals surface area contributed by atoms with Gasteiger partial charge in [-0.3, -0.25) is 4.68 Å². The first-order valence-electron chi connectivity index (χ1n) is 8.12. The first kappa shape index (κ1) is 15.4. The molecule has 0 unspecified atom stereocenters. The van der Waals surface area contributed by atoms with Crippen molar-refractivity contribution in [1.82, 2.24) is 9.78 Å². The van der Waals surface area contributed by atoms with Gasteiger partial charge in [-0.05, 0) is 31.0 Å². The summed E-state index contributed by atoms with van der Waals surface area (Å²) in [6.45, 7) is 2.18. The lowest BCUT2D eigenvalue weighted by Crippen LogP contribution is -2.24. The number of carbonyl (C=O) groups excluding carboxylic acids is 1. The van der Waals surface area contributed by atoms with Gasteiger partial charge in [0.05, 0.1) is 11.9 Å². The fourth-order valence-corrected chi connectivity index (χ4v) is 2.89. The van der Waals surface area contributed by atoms with Crippen molar-refractivity contribution < 1.29 is 4.79 Å². The lowest BCUT2D eigenvalue weighted by Gasteiger charge is -2.23. The Morgan fingerprint density at radius 2 is 1.83 bits per heavy atom. The molecule has 6 nitrogen and oxygen atoms in total. The molecule has 1 aliphatic rings. The monoisotopic (exact) mass is 313 g/mol. The number of hydrogen-bond acceptors (Lipinski definition) is 3. The van der Waals surface area contributed by atoms with E-state index in [0.717, 1.165) is 18.8 Å². The van der Waals surface area contributed by atoms with Crippen LogP contribution >= 0.6 is 0 Å². The van der Waals surface area contributed by atoms with E-state index in [1.54, 1.807) is 17.1 Å². The summed E-state index contributed by atoms with van der Waals surface area (Å²) in [4.78, 5) is 14.5. The molecule has 1 fully saturated rings. The van der Waals surface area contributed by atoms with Crippen LogP contribution in [0.4, 0.5) is 21.9 Å². The molecular weight excluding hydrogens is 290 g/mol. The number of benzene rings is 1. The Hall–Kier alpha value is -2.50. The van der Waals surface area contributed by atoms with Gasteiger partial charge in [0.15, 0.2) is 0 Å². The first-order valence-corrected chi connectivity index (χ1v) is 8.12. The van der Waals surface area contributed by atoms with Gasteiger partial charge >= 0.3 is 6.03 Å². The molecule has 1 aliphatic heterocycles. The van der Waals surface area contributed by atoms with Crippen molar-refractivity contribution >= 4 is 23.1 Å². The molecule has 6 heteroatoms. The van der Waals surface area contributed by atoms with Crippen LogP contribution in [0, 0.1) is 0 Å². The zero-order valence-corrected chi connectivity index (χ0v) is 13.5. The van der Waals surface area contributed by atoms with E-state index in [1.807, 2.05) is 25.2 Å². The summed E-state index contributed by atoms with van der Waals surface area (Å²) in [6.07, 6.45) is 8.46. The van der Waals surface area contributed by atoms with E-state index >= 15 is 0 Å². The van der Waals surface area contributed by atoms with Crippen molar-refractivity contribution in [3.8, 4) is 0 Å². The van der Waals surface area contributed by atoms with Crippen molar-refractivity contribution in [2.75, 3.05) is 28.6 Å². The Morgan fingerprint density at radius 3 is 2.52 bits per heavy atom. The fraction of sp³-hybridized carbons (Fsp3) is 0.412. The van der Waals surface area contributed by atoms with Gasteiger partial charge in [-0.15, -0.1) is 0 Å². The highest BCUT2D eigenvalue weighted by Gasteiger charge is 2.11. The summed E-state index contributed by atoms with van der Waals surface area (Å²) in [7, 11) is 1.81. The number of nitrogens with zero attached hydrogens (tertiary/aromatic N) is 3. The number of urea groups is 1. The molecule has 0 atom stereocenters. The number of carbonyl (C=O) groups is 1. The molecule has 0 saturated carbocycles. The topological polar surface area (TPSA) is 62.2 Å². The first-order chi connectivity index (χ1) is 11.2. The molecule has 122 valence electrons. The molecule has 1 saturated heterocycles. The van der Waals surface area contributed by atoms with Gasteiger partial charge in [-0.25, -0.2) is 4.79 Å². The average Bonchev–Trinajstić information content (AvgIpc) is 2.78. The van der Waals surface area contributed by atoms with Crippen LogP contribution < -0.4 is 15.5 Å². The molecule has 2 N–H and O–H groups in total. The van der Waals surface area contributed by atoms with Crippen molar-refractivity contribution in [2.45, 2.75) is 25.7 Å². The van der Waals surface area contributed by atoms with Crippen LogP contribution in [0.1, 0.15) is 25.7 Å². The average molecular weight is 313 g/mol. The normalized spacial score (nSPS) is 15.1. The van der Waals surface area contributed by atoms with Crippen LogP contribution in [-0.2, 0) is 7.05 Å². The highest BCUT2D eigenvalue weighted by Crippen LogP contribution is 2.23. The minimum Gasteiger partial charge on any atom is -0.371 e. The fourth-order valence-electron chi connectivity index (χ4n) is 2.89. The Bertz CT molecular complexity index is 659. The minimum absolute atomic E-state index is 0.258. The third kappa shape index (κ3) is 4.25. The molecule has 0 bridgehead atoms. The van der Waals surface area contributed by atoms with Gasteiger partial charge in [-0.2, -0.15) is 5.10 Å². The molecule has 2 aromatic rings. The molecule has 2 amide bonds. The molecule has 2 heterocycles. The predicted molar refractivity (Wildman–Crippen MR) is 93.0 cm³/mol. The molecule has 0 aliphatic carbocycles. The van der Waals surface area contributed by atoms with Crippen LogP contribution in [0.15, 0.2) is 36.7 Å². The zero-order chi connectivity index (χ0) is 16.1. The maximum Gasteiger partial charge on any atom is 0.323 e. The van der Waals surface area contributed by atoms with E-state index in [-0.39, 0.29) is 6.03 Å². The van der Waals surface area contributed by atoms with Crippen molar-refractivity contribution in [2.24, 2.45) is 7.05 Å². The number of rotatable bonds is 3. The van der Waals surface area contributed by atoms with Crippen LogP contribution in [0.5, 0.6) is 0 Å². The molecule has 1 aromatic carbocycles. The second kappa shape index (κ2) is 7.17. The van der Waals surface area contributed by atoms with Crippen LogP contribution in [0.2, 0.25) is 0 Å². The molecule has 23 heavy (non-hydrogen) atoms. The third-order valence-corrected chi connectivity index (χ3v) is 4.04. The van der Waals surface area contributed by atoms with Crippen molar-refractivity contribution in [1.29, 1.82) is 0 Å². The van der Waals surface area contributed by atoms with E-state index < -0.39 is 0 Å². The lowest BCUT2D eigenvalue weighted by atomic mass is 10.2. The molecule has 0 spiro atoms. The molecule has 3 rings (SSSR count). The second-order valence-electron chi connectivity index (χ2n) is 5.93. The smallest absolute Gasteiger partial charge is 0.323 e. The van der Waals surface area contributed by atoms with Crippen molar-refractivity contribution in [3.63, 3.8) is 0 Å². The minimum atomic E-state index is -0.258. The second-order valence-corrected chi connectivity index (χ2v) is 5.93. The number of anilines is 3. The molecule has 1 aromatic heterocycles. The van der Waals surface area contributed by atoms with E-state index in [4.69, 9.17) is 0 Å². The van der Waals surface area contributed by atoms with Crippen LogP contribution in [-0.4, -0.2) is 28.9 Å². The Labute approximate surface area is 136 Å². The number of nitrogens with one attached hydrogen (secondary N) is 2. The Balaban J connectivity index is 1.63. The maximum atomic E-state index is 12.1. The van der Waals surface area contributed by atoms with Gasteiger partial charge in [0.2, 0.25) is 0 Å². The van der Waals surface area contributed by atoms with Gasteiger partial charge in [0.1, 0.15) is 0 Å². The summed E-state index contributed by atoms with van der Waals surface area (Å²) in [5.41, 5.74) is 2.65. The summed E-state index contributed by atoms with van der Waals surface area (Å²) in [5, 5.41) is 9.68. The molecule has 0 radical (unpaired) electrons. The Kier molecular flexibility index (Phi) is 4.80. The highest BCUT2D eigenvalue weighted by atomic mass is 16.2. The largest absolute Gasteiger partial charge is 0.371 e. The predicted octanol–water partition coefficient (Wildman–Crippen LogP) is 3.44. The van der Waals surface area contributed by atoms with Gasteiger partial charge in [0, 0.05) is 37.7 Å². The number of aryl methyl sites for hydroxylation is 1. The van der Waals surface area contributed by atoms with E-state index in [2.05, 4.69) is 26.7 Å². The Morgan fingerprint density at radius 1 is 1.09 bits per heavy atom. The number of aromatic nitrogens is 2. The van der Waals surface area contributed by atoms with E-state index in [9.17, 15) is 4.79 Å². The van der Waals surface area contributed by atoms with E-state index in [0.29, 0.717) is 5.69 Å². The third-order valence-electron chi connectivity index (χ3n) is 4.04. The van der Waals surface area contributed by atoms with Crippen LogP contribution in [0.25, 0.3) is 0 Å². The SMILES string of the molecule is Cn1cc(NC(=O)Nc2cccc(N3CCCCCC3)c2)cn1. The summed E-state index contributed by atoms with van der Waals surface area (Å²) >= 11 is 0. The zero-order valence-electron chi connectivity index (χ0n) is 13.5. The van der Waals surface area contributed by atoms with Gasteiger partial charge < -0.3 is 15.5 Å². The lowest BCUT2D eigenvalue weighted by molar-refractivity contribution is 0.262. The van der Waals surface area contributed by atoms with Crippen molar-refractivity contribution in [3.05, 3.63) is 36.7 Å². The summed E-state index contributed by atoms with van der Waals surface area (Å²) < 4.78 is 1.65. The van der Waals surface area contributed by atoms with E-state index in [1.165, 1.54) is 31.4 Å². The molecular formula is C17H23N5O. The van der Waals surface area contributed by atoms with Gasteiger partial charge in [-0.1, -0.05) is 18.9 Å². The van der Waals surface area contributed by atoms with Gasteiger partial charge in [0.25, 0.3) is 0 Å². The van der Waals surface area contributed by atoms with Crippen LogP contribution in [0.3, 0.4) is 0 Å². The number of hydrogen-bond donors (Lipinski definition) is 2. The summed E-state index contributed by atoms with van der Waals surface area (Å²) in [6, 6.07) is 7.78. The maximum absolute atomic E-state index is 12.1. The summed E-state index contributed by atoms with van der Waals surface area (Å²) in [5.74, 6) is 0. The standard InChI is InChI=1S/C17H23N5O/c1-21-13-15(12-18-21)20-17(23)19-14-7-6-8-16(11-14)22-9-4-2-3-5-10-22/h6-8,11-13H,2-5,9-10H2,1H3,(H2,19,20,23).